The van der Waals surface area contributed by atoms with Gasteiger partial charge in [0, 0.05) is 5.56 Å². The normalized spacial score (nSPS) is 8.25. The molecule has 1 heterocycles. The Morgan fingerprint density at radius 1 is 1.58 bits per heavy atom. The van der Waals surface area contributed by atoms with Crippen LogP contribution in [0.3, 0.4) is 0 Å². The molecule has 0 unspecified atom stereocenters. The lowest BCUT2D eigenvalue weighted by atomic mass is 10.1. The van der Waals surface area contributed by atoms with Gasteiger partial charge in [-0.25, -0.2) is 0 Å². The topological polar surface area (TPSA) is 28.7 Å². The van der Waals surface area contributed by atoms with Crippen LogP contribution in [0, 0.1) is 0 Å². The predicted octanol–water partition coefficient (Wildman–Crippen LogP) is 3.11. The molecule has 0 aliphatic rings. The molecule has 2 heteroatoms. The Morgan fingerprint density at radius 3 is 2.50 bits per heavy atom. The third-order valence-electron chi connectivity index (χ3n) is 1.33. The highest BCUT2D eigenvalue weighted by Gasteiger charge is 1.99. The second kappa shape index (κ2) is 5.35. The Morgan fingerprint density at radius 2 is 2.17 bits per heavy atom. The molecule has 0 aliphatic heterocycles. The van der Waals surface area contributed by atoms with Gasteiger partial charge in [-0.05, 0) is 18.6 Å². The summed E-state index contributed by atoms with van der Waals surface area (Å²) in [7, 11) is 0. The minimum absolute atomic E-state index is 0.938. The van der Waals surface area contributed by atoms with E-state index in [-0.39, 0.29) is 0 Å². The third-order valence-corrected chi connectivity index (χ3v) is 1.33. The summed E-state index contributed by atoms with van der Waals surface area (Å²) in [4.78, 5) is 0. The number of rotatable bonds is 2. The number of hydrogen-bond acceptors (Lipinski definition) is 1. The summed E-state index contributed by atoms with van der Waals surface area (Å²) in [5.74, 6) is 0. The molecule has 1 N–H and O–H groups in total. The van der Waals surface area contributed by atoms with Crippen molar-refractivity contribution in [2.75, 3.05) is 0 Å². The third kappa shape index (κ3) is 2.38. The first kappa shape index (κ1) is 10.7. The molecule has 0 amide bonds. The van der Waals surface area contributed by atoms with Gasteiger partial charge in [0.2, 0.25) is 0 Å². The maximum absolute atomic E-state index is 3.86. The Hall–Kier alpha value is -1.31. The van der Waals surface area contributed by atoms with E-state index in [1.165, 1.54) is 0 Å². The number of nitrogens with one attached hydrogen (secondary N) is 1. The average molecular weight is 164 g/mol. The summed E-state index contributed by atoms with van der Waals surface area (Å²) in [5.41, 5.74) is 2.98. The Kier molecular flexibility index (Phi) is 4.77. The fourth-order valence-corrected chi connectivity index (χ4v) is 0.792. The molecule has 1 aromatic heterocycles. The number of H-pyrrole nitrogens is 1. The van der Waals surface area contributed by atoms with Gasteiger partial charge < -0.3 is 0 Å². The van der Waals surface area contributed by atoms with Crippen LogP contribution in [0.15, 0.2) is 19.4 Å². The van der Waals surface area contributed by atoms with Gasteiger partial charge in [-0.2, -0.15) is 5.10 Å². The summed E-state index contributed by atoms with van der Waals surface area (Å²) < 4.78 is 0. The van der Waals surface area contributed by atoms with Crippen LogP contribution in [0.25, 0.3) is 11.6 Å². The van der Waals surface area contributed by atoms with Gasteiger partial charge in [0.15, 0.2) is 0 Å². The van der Waals surface area contributed by atoms with Gasteiger partial charge in [0.25, 0.3) is 0 Å². The molecule has 12 heavy (non-hydrogen) atoms. The highest BCUT2D eigenvalue weighted by Crippen LogP contribution is 2.14. The Balaban J connectivity index is 0.000000561. The van der Waals surface area contributed by atoms with Crippen molar-refractivity contribution < 1.29 is 0 Å². The minimum atomic E-state index is 0.938. The quantitative estimate of drug-likeness (QED) is 0.714. The SMILES string of the molecule is C=Cc1[nH]ncc1C(=C)C.CC. The molecule has 2 nitrogen and oxygen atoms in total. The smallest absolute Gasteiger partial charge is 0.0646 e. The molecule has 0 aromatic carbocycles. The first-order chi connectivity index (χ1) is 5.75. The van der Waals surface area contributed by atoms with Crippen LogP contribution < -0.4 is 0 Å². The first-order valence-electron chi connectivity index (χ1n) is 4.07. The van der Waals surface area contributed by atoms with Crippen LogP contribution in [-0.4, -0.2) is 10.2 Å². The molecule has 66 valence electrons. The summed E-state index contributed by atoms with van der Waals surface area (Å²) in [6.45, 7) is 13.4. The van der Waals surface area contributed by atoms with Crippen molar-refractivity contribution in [1.82, 2.24) is 10.2 Å². The van der Waals surface area contributed by atoms with Gasteiger partial charge in [-0.15, -0.1) is 0 Å². The van der Waals surface area contributed by atoms with Crippen LogP contribution in [0.2, 0.25) is 0 Å². The first-order valence-corrected chi connectivity index (χ1v) is 4.07. The number of hydrogen-bond donors (Lipinski definition) is 1. The van der Waals surface area contributed by atoms with E-state index in [4.69, 9.17) is 0 Å². The average Bonchev–Trinajstić information content (AvgIpc) is 2.55. The number of aromatic nitrogens is 2. The molecule has 0 aliphatic carbocycles. The van der Waals surface area contributed by atoms with E-state index in [0.717, 1.165) is 16.8 Å². The molecule has 0 saturated heterocycles. The van der Waals surface area contributed by atoms with E-state index in [1.807, 2.05) is 20.8 Å². The second-order valence-corrected chi connectivity index (χ2v) is 2.18. The molecule has 1 rings (SSSR count). The van der Waals surface area contributed by atoms with Gasteiger partial charge in [-0.3, -0.25) is 5.10 Å². The zero-order chi connectivity index (χ0) is 9.56. The summed E-state index contributed by atoms with van der Waals surface area (Å²) >= 11 is 0. The number of nitrogens with zero attached hydrogens (tertiary/aromatic N) is 1. The molecule has 0 radical (unpaired) electrons. The van der Waals surface area contributed by atoms with E-state index in [1.54, 1.807) is 12.3 Å². The highest BCUT2D eigenvalue weighted by molar-refractivity contribution is 5.68. The number of aromatic amines is 1. The van der Waals surface area contributed by atoms with Crippen LogP contribution in [0.1, 0.15) is 32.0 Å². The largest absolute Gasteiger partial charge is 0.278 e. The van der Waals surface area contributed by atoms with Crippen molar-refractivity contribution in [3.05, 3.63) is 30.6 Å². The monoisotopic (exact) mass is 164 g/mol. The van der Waals surface area contributed by atoms with Crippen LogP contribution in [0.5, 0.6) is 0 Å². The number of allylic oxidation sites excluding steroid dienone is 1. The second-order valence-electron chi connectivity index (χ2n) is 2.18. The molecule has 0 bridgehead atoms. The fraction of sp³-hybridized carbons (Fsp3) is 0.300. The van der Waals surface area contributed by atoms with E-state index in [2.05, 4.69) is 23.4 Å². The lowest BCUT2D eigenvalue weighted by Crippen LogP contribution is -1.77. The highest BCUT2D eigenvalue weighted by atomic mass is 15.1. The van der Waals surface area contributed by atoms with Crippen LogP contribution in [0.4, 0.5) is 0 Å². The molecule has 0 saturated carbocycles. The van der Waals surface area contributed by atoms with E-state index >= 15 is 0 Å². The summed E-state index contributed by atoms with van der Waals surface area (Å²) in [5, 5.41) is 6.66. The van der Waals surface area contributed by atoms with Gasteiger partial charge in [-0.1, -0.05) is 27.0 Å². The Labute approximate surface area is 74.0 Å². The lowest BCUT2D eigenvalue weighted by molar-refractivity contribution is 1.08. The van der Waals surface area contributed by atoms with Crippen LogP contribution in [-0.2, 0) is 0 Å². The van der Waals surface area contributed by atoms with Gasteiger partial charge in [0.05, 0.1) is 11.9 Å². The Bertz CT molecular complexity index is 259. The molecule has 0 spiro atoms. The van der Waals surface area contributed by atoms with Crippen molar-refractivity contribution >= 4 is 11.6 Å². The lowest BCUT2D eigenvalue weighted by Gasteiger charge is -1.93. The molecular formula is C10H16N2. The van der Waals surface area contributed by atoms with Crippen molar-refractivity contribution in [3.63, 3.8) is 0 Å². The molecule has 0 fully saturated rings. The van der Waals surface area contributed by atoms with E-state index < -0.39 is 0 Å². The molecular weight excluding hydrogens is 148 g/mol. The fourth-order valence-electron chi connectivity index (χ4n) is 0.792. The molecule has 1 aromatic rings. The van der Waals surface area contributed by atoms with Crippen molar-refractivity contribution in [1.29, 1.82) is 0 Å². The van der Waals surface area contributed by atoms with Crippen molar-refractivity contribution in [3.8, 4) is 0 Å². The maximum atomic E-state index is 3.86. The van der Waals surface area contributed by atoms with E-state index in [0.29, 0.717) is 0 Å². The standard InChI is InChI=1S/C8H10N2.C2H6/c1-4-8-7(6(2)3)5-9-10-8;1-2/h4-5H,1-2H2,3H3,(H,9,10);1-2H3. The van der Waals surface area contributed by atoms with Gasteiger partial charge in [0.1, 0.15) is 0 Å². The zero-order valence-electron chi connectivity index (χ0n) is 8.02. The van der Waals surface area contributed by atoms with Crippen molar-refractivity contribution in [2.24, 2.45) is 0 Å². The van der Waals surface area contributed by atoms with Crippen molar-refractivity contribution in [2.45, 2.75) is 20.8 Å². The van der Waals surface area contributed by atoms with Crippen LogP contribution >= 0.6 is 0 Å². The predicted molar refractivity (Wildman–Crippen MR) is 54.7 cm³/mol. The summed E-state index contributed by atoms with van der Waals surface area (Å²) in [6.07, 6.45) is 3.48. The minimum Gasteiger partial charge on any atom is -0.278 e. The van der Waals surface area contributed by atoms with Gasteiger partial charge >= 0.3 is 0 Å². The molecule has 0 atom stereocenters. The zero-order valence-corrected chi connectivity index (χ0v) is 8.02. The maximum Gasteiger partial charge on any atom is 0.0646 e. The summed E-state index contributed by atoms with van der Waals surface area (Å²) in [6, 6.07) is 0. The van der Waals surface area contributed by atoms with E-state index in [9.17, 15) is 0 Å².